The zero-order valence-electron chi connectivity index (χ0n) is 27.6. The first-order chi connectivity index (χ1) is 23.3. The Morgan fingerprint density at radius 1 is 1.10 bits per heavy atom. The van der Waals surface area contributed by atoms with Crippen LogP contribution in [0.15, 0.2) is 48.5 Å². The minimum atomic E-state index is -0.961. The van der Waals surface area contributed by atoms with E-state index in [2.05, 4.69) is 61.7 Å². The molecule has 1 amide bonds. The molecule has 1 aliphatic rings. The van der Waals surface area contributed by atoms with E-state index >= 15 is 0 Å². The second-order valence-electron chi connectivity index (χ2n) is 12.4. The van der Waals surface area contributed by atoms with Gasteiger partial charge in [-0.15, -0.1) is 10.2 Å². The fourth-order valence-electron chi connectivity index (χ4n) is 6.55. The summed E-state index contributed by atoms with van der Waals surface area (Å²) >= 11 is 6.75. The number of aromatic amines is 1. The predicted molar refractivity (Wildman–Crippen MR) is 181 cm³/mol. The monoisotopic (exact) mass is 677 g/mol. The summed E-state index contributed by atoms with van der Waals surface area (Å²) in [4.78, 5) is 30.7. The molecule has 5 rings (SSSR count). The Bertz CT molecular complexity index is 1640. The number of amides is 1. The number of hydrogen-bond donors (Lipinski definition) is 3. The van der Waals surface area contributed by atoms with Gasteiger partial charge in [-0.05, 0) is 47.6 Å². The number of H-pyrrole nitrogens is 1. The number of tetrazole rings is 1. The molecule has 12 nitrogen and oxygen atoms in total. The summed E-state index contributed by atoms with van der Waals surface area (Å²) in [7, 11) is 1.57. The molecule has 2 aromatic carbocycles. The molecule has 0 radical (unpaired) electrons. The van der Waals surface area contributed by atoms with Gasteiger partial charge < -0.3 is 24.5 Å². The molecule has 0 aliphatic heterocycles. The molecule has 0 spiro atoms. The van der Waals surface area contributed by atoms with Crippen LogP contribution < -0.4 is 5.32 Å². The summed E-state index contributed by atoms with van der Waals surface area (Å²) in [5.41, 5.74) is 3.91. The van der Waals surface area contributed by atoms with Gasteiger partial charge in [0.25, 0.3) is 0 Å². The Hall–Kier alpha value is -4.13. The van der Waals surface area contributed by atoms with E-state index in [0.29, 0.717) is 43.6 Å². The van der Waals surface area contributed by atoms with Crippen molar-refractivity contribution < 1.29 is 24.2 Å². The first-order valence-electron chi connectivity index (χ1n) is 16.6. The topological polar surface area (TPSA) is 157 Å². The average molecular weight is 678 g/mol. The molecule has 4 aromatic rings. The van der Waals surface area contributed by atoms with Crippen molar-refractivity contribution >= 4 is 23.5 Å². The van der Waals surface area contributed by atoms with Crippen LogP contribution in [0.25, 0.3) is 22.5 Å². The molecule has 1 atom stereocenters. The highest BCUT2D eigenvalue weighted by Gasteiger charge is 2.44. The summed E-state index contributed by atoms with van der Waals surface area (Å²) in [5, 5.41) is 28.0. The zero-order chi connectivity index (χ0) is 33.9. The van der Waals surface area contributed by atoms with Crippen molar-refractivity contribution in [2.75, 3.05) is 26.9 Å². The minimum absolute atomic E-state index is 0.0363. The van der Waals surface area contributed by atoms with Crippen molar-refractivity contribution in [2.45, 2.75) is 71.4 Å². The summed E-state index contributed by atoms with van der Waals surface area (Å²) in [5.74, 6) is -0.498. The Morgan fingerprint density at radius 3 is 2.52 bits per heavy atom. The first-order valence-corrected chi connectivity index (χ1v) is 17.0. The van der Waals surface area contributed by atoms with Crippen LogP contribution >= 0.6 is 11.6 Å². The second-order valence-corrected chi connectivity index (χ2v) is 12.8. The van der Waals surface area contributed by atoms with E-state index in [-0.39, 0.29) is 25.5 Å². The van der Waals surface area contributed by atoms with E-state index < -0.39 is 17.3 Å². The number of unbranched alkanes of at least 4 members (excludes halogenated alkanes) is 1. The largest absolute Gasteiger partial charge is 0.481 e. The number of ether oxygens (including phenoxy) is 2. The average Bonchev–Trinajstić information content (AvgIpc) is 3.86. The number of aliphatic carboxylic acids is 1. The second kappa shape index (κ2) is 16.8. The molecule has 0 saturated heterocycles. The molecule has 2 heterocycles. The maximum absolute atomic E-state index is 13.9. The molecule has 256 valence electrons. The van der Waals surface area contributed by atoms with E-state index in [1.54, 1.807) is 7.11 Å². The number of halogens is 1. The molecular formula is C35H44ClN7O5. The Kier molecular flexibility index (Phi) is 12.3. The van der Waals surface area contributed by atoms with E-state index in [1.807, 2.05) is 24.3 Å². The molecule has 48 heavy (non-hydrogen) atoms. The fourth-order valence-corrected chi connectivity index (χ4v) is 6.81. The smallest absolute Gasteiger partial charge is 0.308 e. The van der Waals surface area contributed by atoms with Crippen LogP contribution in [0, 0.1) is 11.3 Å². The lowest BCUT2D eigenvalue weighted by atomic mass is 9.77. The fraction of sp³-hybridized carbons (Fsp3) is 0.486. The third-order valence-corrected chi connectivity index (χ3v) is 9.47. The van der Waals surface area contributed by atoms with Gasteiger partial charge in [0, 0.05) is 25.6 Å². The summed E-state index contributed by atoms with van der Waals surface area (Å²) in [6.07, 6.45) is 5.96. The van der Waals surface area contributed by atoms with E-state index in [1.165, 1.54) is 0 Å². The molecule has 2 aromatic heterocycles. The normalized spacial score (nSPS) is 14.6. The van der Waals surface area contributed by atoms with Gasteiger partial charge in [0.15, 0.2) is 5.15 Å². The maximum Gasteiger partial charge on any atom is 0.308 e. The number of carbonyl (C=O) groups excluding carboxylic acids is 1. The molecule has 3 N–H and O–H groups in total. The number of nitrogens with one attached hydrogen (secondary N) is 2. The lowest BCUT2D eigenvalue weighted by Crippen LogP contribution is -2.42. The van der Waals surface area contributed by atoms with Gasteiger partial charge in [-0.3, -0.25) is 9.59 Å². The van der Waals surface area contributed by atoms with E-state index in [0.717, 1.165) is 65.9 Å². The maximum atomic E-state index is 13.9. The van der Waals surface area contributed by atoms with Gasteiger partial charge in [0.1, 0.15) is 5.82 Å². The predicted octanol–water partition coefficient (Wildman–Crippen LogP) is 5.71. The van der Waals surface area contributed by atoms with E-state index in [9.17, 15) is 14.7 Å². The number of rotatable bonds is 18. The van der Waals surface area contributed by atoms with Crippen LogP contribution in [0.5, 0.6) is 0 Å². The Labute approximate surface area is 285 Å². The molecule has 1 saturated carbocycles. The van der Waals surface area contributed by atoms with Crippen molar-refractivity contribution in [1.82, 2.24) is 35.5 Å². The van der Waals surface area contributed by atoms with Gasteiger partial charge in [-0.1, -0.05) is 86.3 Å². The van der Waals surface area contributed by atoms with Crippen LogP contribution in [-0.4, -0.2) is 74.1 Å². The lowest BCUT2D eigenvalue weighted by molar-refractivity contribution is -0.147. The number of nitrogens with zero attached hydrogens (tertiary/aromatic N) is 5. The summed E-state index contributed by atoms with van der Waals surface area (Å²) in [6, 6.07) is 16.2. The van der Waals surface area contributed by atoms with Crippen LogP contribution in [0.4, 0.5) is 0 Å². The number of hydrogen-bond acceptors (Lipinski definition) is 8. The van der Waals surface area contributed by atoms with Crippen LogP contribution in [0.3, 0.4) is 0 Å². The third-order valence-electron chi connectivity index (χ3n) is 9.17. The molecule has 1 aliphatic carbocycles. The molecular weight excluding hydrogens is 634 g/mol. The number of imidazole rings is 1. The molecule has 1 fully saturated rings. The van der Waals surface area contributed by atoms with Crippen LogP contribution in [0.1, 0.15) is 69.0 Å². The summed E-state index contributed by atoms with van der Waals surface area (Å²) < 4.78 is 12.7. The first kappa shape index (κ1) is 35.2. The minimum Gasteiger partial charge on any atom is -0.481 e. The quantitative estimate of drug-likeness (QED) is 0.112. The highest BCUT2D eigenvalue weighted by molar-refractivity contribution is 6.30. The number of aromatic nitrogens is 6. The number of carboxylic acids is 1. The van der Waals surface area contributed by atoms with Crippen molar-refractivity contribution in [3.63, 3.8) is 0 Å². The van der Waals surface area contributed by atoms with Gasteiger partial charge in [-0.25, -0.2) is 4.98 Å². The van der Waals surface area contributed by atoms with Gasteiger partial charge in [-0.2, -0.15) is 5.21 Å². The molecule has 1 unspecified atom stereocenters. The van der Waals surface area contributed by atoms with Gasteiger partial charge >= 0.3 is 5.97 Å². The van der Waals surface area contributed by atoms with Crippen molar-refractivity contribution in [3.05, 3.63) is 70.8 Å². The third kappa shape index (κ3) is 8.47. The zero-order valence-corrected chi connectivity index (χ0v) is 28.3. The van der Waals surface area contributed by atoms with Gasteiger partial charge in [0.2, 0.25) is 11.7 Å². The number of carboxylic acid groups (broad SMARTS) is 1. The highest BCUT2D eigenvalue weighted by Crippen LogP contribution is 2.44. The summed E-state index contributed by atoms with van der Waals surface area (Å²) in [6.45, 7) is 3.58. The van der Waals surface area contributed by atoms with Gasteiger partial charge in [0.05, 0.1) is 43.4 Å². The molecule has 0 bridgehead atoms. The number of carbonyl (C=O) groups is 2. The van der Waals surface area contributed by atoms with Crippen molar-refractivity contribution in [3.8, 4) is 22.5 Å². The Balaban J connectivity index is 1.33. The van der Waals surface area contributed by atoms with Crippen molar-refractivity contribution in [1.29, 1.82) is 0 Å². The lowest BCUT2D eigenvalue weighted by Gasteiger charge is -2.30. The number of aryl methyl sites for hydroxylation is 1. The van der Waals surface area contributed by atoms with Crippen molar-refractivity contribution in [2.24, 2.45) is 11.3 Å². The standard InChI is InChI=1S/C35H44ClN7O5/c1-3-4-11-30-38-31(36)29(21-37-34(46)35(16-7-8-17-35)20-26(33(44)45)23-48-19-18-47-2)43(30)22-24-12-14-25(15-13-24)27-9-5-6-10-28(27)32-39-41-42-40-32/h5-6,9-10,12-15,26H,3-4,7-8,11,16-23H2,1-2H3,(H,37,46)(H,44,45)(H,39,40,41,42). The van der Waals surface area contributed by atoms with Crippen LogP contribution in [-0.2, 0) is 38.6 Å². The number of benzene rings is 2. The SMILES string of the molecule is CCCCc1nc(Cl)c(CNC(=O)C2(CC(COCCOC)C(=O)O)CCCC2)n1Cc1ccc(-c2ccccc2-c2nn[nH]n2)cc1. The van der Waals surface area contributed by atoms with Crippen LogP contribution in [0.2, 0.25) is 5.15 Å². The number of methoxy groups -OCH3 is 1. The Morgan fingerprint density at radius 2 is 1.85 bits per heavy atom. The molecule has 13 heteroatoms. The highest BCUT2D eigenvalue weighted by atomic mass is 35.5. The van der Waals surface area contributed by atoms with E-state index in [4.69, 9.17) is 26.1 Å².